The van der Waals surface area contributed by atoms with Gasteiger partial charge in [-0.2, -0.15) is 0 Å². The van der Waals surface area contributed by atoms with Crippen molar-refractivity contribution in [2.75, 3.05) is 0 Å². The van der Waals surface area contributed by atoms with Gasteiger partial charge < -0.3 is 9.31 Å². The van der Waals surface area contributed by atoms with Crippen LogP contribution in [0.25, 0.3) is 21.9 Å². The molecule has 2 nitrogen and oxygen atoms in total. The Morgan fingerprint density at radius 3 is 2.08 bits per heavy atom. The SMILES string of the molecule is [2H]c1c([2H])c(-c2cccc3ccccc23)c([2H])c([2H])c1B1OC(C)(C)C(C)(C)O1. The van der Waals surface area contributed by atoms with Gasteiger partial charge in [-0.15, -0.1) is 0 Å². The minimum Gasteiger partial charge on any atom is -0.399 e. The van der Waals surface area contributed by atoms with E-state index in [1.165, 1.54) is 0 Å². The standard InChI is InChI=1S/C22H23BO2/c1-21(2)22(3,4)25-23(24-21)18-14-12-17(13-15-18)20-11-7-9-16-8-5-6-10-19(16)20/h5-15H,1-4H3/i12D,13D,14D,15D. The van der Waals surface area contributed by atoms with E-state index in [1.54, 1.807) is 0 Å². The van der Waals surface area contributed by atoms with Crippen molar-refractivity contribution < 1.29 is 14.8 Å². The molecule has 3 aromatic rings. The fourth-order valence-electron chi connectivity index (χ4n) is 2.98. The smallest absolute Gasteiger partial charge is 0.399 e. The third kappa shape index (κ3) is 2.78. The molecular formula is C22H23BO2. The number of hydrogen-bond acceptors (Lipinski definition) is 2. The van der Waals surface area contributed by atoms with E-state index in [-0.39, 0.29) is 35.2 Å². The minimum absolute atomic E-state index is 0.0907. The zero-order valence-corrected chi connectivity index (χ0v) is 14.9. The molecular weight excluding hydrogens is 307 g/mol. The van der Waals surface area contributed by atoms with Crippen LogP contribution in [0.2, 0.25) is 0 Å². The third-order valence-corrected chi connectivity index (χ3v) is 5.19. The van der Waals surface area contributed by atoms with Crippen molar-refractivity contribution in [3.8, 4) is 11.1 Å². The maximum atomic E-state index is 8.65. The van der Waals surface area contributed by atoms with Gasteiger partial charge in [0.15, 0.2) is 0 Å². The van der Waals surface area contributed by atoms with Crippen LogP contribution in [0.5, 0.6) is 0 Å². The van der Waals surface area contributed by atoms with Gasteiger partial charge in [0.25, 0.3) is 0 Å². The fourth-order valence-corrected chi connectivity index (χ4v) is 2.98. The Hall–Kier alpha value is -2.10. The number of benzene rings is 3. The van der Waals surface area contributed by atoms with Gasteiger partial charge >= 0.3 is 7.12 Å². The fraction of sp³-hybridized carbons (Fsp3) is 0.273. The summed E-state index contributed by atoms with van der Waals surface area (Å²) in [5, 5.41) is 1.87. The summed E-state index contributed by atoms with van der Waals surface area (Å²) in [6.45, 7) is 7.59. The molecule has 1 aliphatic heterocycles. The van der Waals surface area contributed by atoms with Crippen molar-refractivity contribution in [3.63, 3.8) is 0 Å². The third-order valence-electron chi connectivity index (χ3n) is 5.19. The van der Waals surface area contributed by atoms with Crippen molar-refractivity contribution in [1.82, 2.24) is 0 Å². The number of hydrogen-bond donors (Lipinski definition) is 0. The Kier molecular flexibility index (Phi) is 2.81. The molecule has 1 saturated heterocycles. The second-order valence-electron chi connectivity index (χ2n) is 7.40. The van der Waals surface area contributed by atoms with Gasteiger partial charge in [-0.1, -0.05) is 66.6 Å². The average molecular weight is 334 g/mol. The molecule has 0 aromatic heterocycles. The molecule has 0 radical (unpaired) electrons. The van der Waals surface area contributed by atoms with Gasteiger partial charge in [-0.05, 0) is 55.1 Å². The summed E-state index contributed by atoms with van der Waals surface area (Å²) >= 11 is 0. The van der Waals surface area contributed by atoms with Crippen molar-refractivity contribution in [2.45, 2.75) is 38.9 Å². The van der Waals surface area contributed by atoms with Gasteiger partial charge in [-0.3, -0.25) is 0 Å². The Bertz CT molecular complexity index is 1080. The molecule has 0 unspecified atom stereocenters. The van der Waals surface area contributed by atoms with Crippen LogP contribution in [0, 0.1) is 0 Å². The van der Waals surface area contributed by atoms with E-state index in [0.717, 1.165) is 10.8 Å². The molecule has 3 aromatic carbocycles. The Balaban J connectivity index is 1.93. The second-order valence-corrected chi connectivity index (χ2v) is 7.40. The number of rotatable bonds is 2. The van der Waals surface area contributed by atoms with Crippen molar-refractivity contribution in [2.24, 2.45) is 0 Å². The molecule has 25 heavy (non-hydrogen) atoms. The van der Waals surface area contributed by atoms with Gasteiger partial charge in [0.05, 0.1) is 16.7 Å². The van der Waals surface area contributed by atoms with Crippen LogP contribution in [-0.2, 0) is 9.31 Å². The van der Waals surface area contributed by atoms with E-state index in [9.17, 15) is 0 Å². The quantitative estimate of drug-likeness (QED) is 0.627. The average Bonchev–Trinajstić information content (AvgIpc) is 2.87. The van der Waals surface area contributed by atoms with Crippen LogP contribution < -0.4 is 5.46 Å². The first-order chi connectivity index (χ1) is 13.5. The highest BCUT2D eigenvalue weighted by atomic mass is 16.7. The van der Waals surface area contributed by atoms with E-state index in [2.05, 4.69) is 0 Å². The molecule has 3 heteroatoms. The van der Waals surface area contributed by atoms with Crippen LogP contribution in [-0.4, -0.2) is 18.3 Å². The molecule has 0 saturated carbocycles. The van der Waals surface area contributed by atoms with Crippen LogP contribution >= 0.6 is 0 Å². The summed E-state index contributed by atoms with van der Waals surface area (Å²) in [6, 6.07) is 13.0. The molecule has 0 amide bonds. The second kappa shape index (κ2) is 5.72. The van der Waals surface area contributed by atoms with Gasteiger partial charge in [-0.25, -0.2) is 0 Å². The molecule has 4 rings (SSSR count). The van der Waals surface area contributed by atoms with Gasteiger partial charge in [0.1, 0.15) is 0 Å². The normalized spacial score (nSPS) is 20.9. The number of fused-ring (bicyclic) bond motifs is 1. The van der Waals surface area contributed by atoms with Crippen molar-refractivity contribution in [1.29, 1.82) is 0 Å². The molecule has 0 aliphatic carbocycles. The van der Waals surface area contributed by atoms with Crippen LogP contribution in [0.15, 0.2) is 66.6 Å². The maximum absolute atomic E-state index is 8.65. The lowest BCUT2D eigenvalue weighted by atomic mass is 9.78. The Labute approximate surface area is 155 Å². The highest BCUT2D eigenvalue weighted by molar-refractivity contribution is 6.62. The summed E-state index contributed by atoms with van der Waals surface area (Å²) in [6.07, 6.45) is 0. The monoisotopic (exact) mass is 334 g/mol. The first kappa shape index (κ1) is 12.3. The Morgan fingerprint density at radius 2 is 1.40 bits per heavy atom. The van der Waals surface area contributed by atoms with Crippen molar-refractivity contribution in [3.05, 3.63) is 66.6 Å². The summed E-state index contributed by atoms with van der Waals surface area (Å²) in [7, 11) is -0.949. The molecule has 1 fully saturated rings. The van der Waals surface area contributed by atoms with E-state index in [0.29, 0.717) is 5.56 Å². The summed E-state index contributed by atoms with van der Waals surface area (Å²) < 4.78 is 46.5. The molecule has 0 atom stereocenters. The maximum Gasteiger partial charge on any atom is 0.494 e. The predicted molar refractivity (Wildman–Crippen MR) is 105 cm³/mol. The van der Waals surface area contributed by atoms with E-state index >= 15 is 0 Å². The highest BCUT2D eigenvalue weighted by Crippen LogP contribution is 2.36. The molecule has 0 bridgehead atoms. The highest BCUT2D eigenvalue weighted by Gasteiger charge is 2.51. The zero-order chi connectivity index (χ0) is 21.1. The molecule has 1 heterocycles. The first-order valence-corrected chi connectivity index (χ1v) is 8.49. The largest absolute Gasteiger partial charge is 0.494 e. The first-order valence-electron chi connectivity index (χ1n) is 10.5. The van der Waals surface area contributed by atoms with Crippen LogP contribution in [0.3, 0.4) is 0 Å². The van der Waals surface area contributed by atoms with Crippen LogP contribution in [0.4, 0.5) is 0 Å². The lowest BCUT2D eigenvalue weighted by Crippen LogP contribution is -2.41. The van der Waals surface area contributed by atoms with Crippen LogP contribution in [0.1, 0.15) is 33.2 Å². The molecule has 1 aliphatic rings. The summed E-state index contributed by atoms with van der Waals surface area (Å²) in [4.78, 5) is 0. The minimum atomic E-state index is -0.949. The summed E-state index contributed by atoms with van der Waals surface area (Å²) in [5.41, 5.74) is -0.148. The molecule has 0 N–H and O–H groups in total. The Morgan fingerprint density at radius 1 is 0.800 bits per heavy atom. The zero-order valence-electron chi connectivity index (χ0n) is 18.9. The van der Waals surface area contributed by atoms with Gasteiger partial charge in [0.2, 0.25) is 0 Å². The lowest BCUT2D eigenvalue weighted by Gasteiger charge is -2.32. The topological polar surface area (TPSA) is 18.5 Å². The van der Waals surface area contributed by atoms with E-state index in [1.807, 2.05) is 70.2 Å². The van der Waals surface area contributed by atoms with Crippen molar-refractivity contribution >= 4 is 23.4 Å². The van der Waals surface area contributed by atoms with E-state index in [4.69, 9.17) is 14.8 Å². The lowest BCUT2D eigenvalue weighted by molar-refractivity contribution is 0.00578. The molecule has 0 spiro atoms. The predicted octanol–water partition coefficient (Wildman–Crippen LogP) is 4.81. The molecule has 126 valence electrons. The van der Waals surface area contributed by atoms with Gasteiger partial charge in [0, 0.05) is 0 Å². The van der Waals surface area contributed by atoms with E-state index < -0.39 is 18.3 Å². The summed E-state index contributed by atoms with van der Waals surface area (Å²) in [5.74, 6) is 0.